The lowest BCUT2D eigenvalue weighted by Gasteiger charge is -2.39. The SMILES string of the molecule is COC(=O)c1ccc(C)c2c1[C@H]1C=CC[C@@H]1[C@H](c1cccc(Br)c1)N2. The molecule has 1 aliphatic carbocycles. The van der Waals surface area contributed by atoms with Gasteiger partial charge in [0.25, 0.3) is 0 Å². The predicted molar refractivity (Wildman–Crippen MR) is 103 cm³/mol. The van der Waals surface area contributed by atoms with Crippen LogP contribution in [-0.4, -0.2) is 13.1 Å². The minimum Gasteiger partial charge on any atom is -0.465 e. The van der Waals surface area contributed by atoms with Crippen LogP contribution in [0.4, 0.5) is 5.69 Å². The van der Waals surface area contributed by atoms with Gasteiger partial charge in [-0.2, -0.15) is 0 Å². The molecule has 0 aromatic heterocycles. The number of benzene rings is 2. The van der Waals surface area contributed by atoms with Gasteiger partial charge in [-0.05, 0) is 54.2 Å². The third-order valence-electron chi connectivity index (χ3n) is 5.34. The van der Waals surface area contributed by atoms with E-state index in [1.54, 1.807) is 0 Å². The van der Waals surface area contributed by atoms with E-state index >= 15 is 0 Å². The predicted octanol–water partition coefficient (Wildman–Crippen LogP) is 5.37. The number of nitrogens with one attached hydrogen (secondary N) is 1. The summed E-state index contributed by atoms with van der Waals surface area (Å²) in [6, 6.07) is 12.6. The molecule has 3 nitrogen and oxygen atoms in total. The largest absolute Gasteiger partial charge is 0.465 e. The number of hydrogen-bond acceptors (Lipinski definition) is 3. The van der Waals surface area contributed by atoms with Gasteiger partial charge in [-0.25, -0.2) is 4.79 Å². The first-order valence-electron chi connectivity index (χ1n) is 8.50. The first kappa shape index (κ1) is 16.4. The Balaban J connectivity index is 1.87. The number of esters is 1. The van der Waals surface area contributed by atoms with Gasteiger partial charge < -0.3 is 10.1 Å². The summed E-state index contributed by atoms with van der Waals surface area (Å²) in [5, 5.41) is 3.73. The van der Waals surface area contributed by atoms with Gasteiger partial charge in [-0.1, -0.05) is 46.3 Å². The summed E-state index contributed by atoms with van der Waals surface area (Å²) < 4.78 is 6.10. The highest BCUT2D eigenvalue weighted by Gasteiger charge is 2.40. The molecule has 1 heterocycles. The topological polar surface area (TPSA) is 38.3 Å². The van der Waals surface area contributed by atoms with E-state index in [0.29, 0.717) is 11.5 Å². The summed E-state index contributed by atoms with van der Waals surface area (Å²) in [6.07, 6.45) is 5.49. The van der Waals surface area contributed by atoms with Gasteiger partial charge >= 0.3 is 5.97 Å². The fraction of sp³-hybridized carbons (Fsp3) is 0.286. The zero-order valence-corrected chi connectivity index (χ0v) is 15.8. The van der Waals surface area contributed by atoms with Crippen molar-refractivity contribution < 1.29 is 9.53 Å². The molecule has 25 heavy (non-hydrogen) atoms. The van der Waals surface area contributed by atoms with Crippen molar-refractivity contribution in [1.82, 2.24) is 0 Å². The Morgan fingerprint density at radius 2 is 2.12 bits per heavy atom. The van der Waals surface area contributed by atoms with Crippen molar-refractivity contribution >= 4 is 27.6 Å². The van der Waals surface area contributed by atoms with Crippen molar-refractivity contribution in [2.45, 2.75) is 25.3 Å². The van der Waals surface area contributed by atoms with E-state index in [4.69, 9.17) is 4.74 Å². The van der Waals surface area contributed by atoms with Crippen molar-refractivity contribution in [2.75, 3.05) is 12.4 Å². The maximum atomic E-state index is 12.3. The Hall–Kier alpha value is -2.07. The molecule has 1 aliphatic heterocycles. The highest BCUT2D eigenvalue weighted by Crippen LogP contribution is 2.51. The second-order valence-electron chi connectivity index (χ2n) is 6.74. The van der Waals surface area contributed by atoms with Crippen LogP contribution in [-0.2, 0) is 4.74 Å². The summed E-state index contributed by atoms with van der Waals surface area (Å²) in [4.78, 5) is 12.3. The Bertz CT molecular complexity index is 874. The molecule has 3 atom stereocenters. The van der Waals surface area contributed by atoms with Gasteiger partial charge in [0.2, 0.25) is 0 Å². The van der Waals surface area contributed by atoms with Crippen molar-refractivity contribution in [3.05, 3.63) is 75.3 Å². The van der Waals surface area contributed by atoms with E-state index in [0.717, 1.165) is 27.7 Å². The van der Waals surface area contributed by atoms with Crippen LogP contribution in [0, 0.1) is 12.8 Å². The van der Waals surface area contributed by atoms with Gasteiger partial charge in [0.15, 0.2) is 0 Å². The molecule has 0 fully saturated rings. The van der Waals surface area contributed by atoms with Crippen LogP contribution in [0.15, 0.2) is 53.0 Å². The van der Waals surface area contributed by atoms with Crippen LogP contribution in [0.5, 0.6) is 0 Å². The van der Waals surface area contributed by atoms with Crippen molar-refractivity contribution in [1.29, 1.82) is 0 Å². The molecule has 0 unspecified atom stereocenters. The van der Waals surface area contributed by atoms with Gasteiger partial charge in [0, 0.05) is 16.1 Å². The summed E-state index contributed by atoms with van der Waals surface area (Å²) in [7, 11) is 1.44. The smallest absolute Gasteiger partial charge is 0.338 e. The van der Waals surface area contributed by atoms with Gasteiger partial charge in [-0.15, -0.1) is 0 Å². The summed E-state index contributed by atoms with van der Waals surface area (Å²) in [6.45, 7) is 2.09. The number of carbonyl (C=O) groups is 1. The fourth-order valence-electron chi connectivity index (χ4n) is 4.17. The molecule has 0 spiro atoms. The Morgan fingerprint density at radius 3 is 2.88 bits per heavy atom. The number of halogens is 1. The number of anilines is 1. The normalized spacial score (nSPS) is 23.6. The summed E-state index contributed by atoms with van der Waals surface area (Å²) in [5.74, 6) is 0.360. The van der Waals surface area contributed by atoms with Crippen molar-refractivity contribution in [3.63, 3.8) is 0 Å². The lowest BCUT2D eigenvalue weighted by molar-refractivity contribution is 0.0598. The average Bonchev–Trinajstić information content (AvgIpc) is 3.10. The van der Waals surface area contributed by atoms with Crippen molar-refractivity contribution in [3.8, 4) is 0 Å². The second-order valence-corrected chi connectivity index (χ2v) is 7.66. The molecule has 0 bridgehead atoms. The monoisotopic (exact) mass is 397 g/mol. The molecule has 0 saturated heterocycles. The summed E-state index contributed by atoms with van der Waals surface area (Å²) >= 11 is 3.58. The van der Waals surface area contributed by atoms with Crippen LogP contribution in [0.3, 0.4) is 0 Å². The molecule has 2 aliphatic rings. The van der Waals surface area contributed by atoms with Crippen LogP contribution in [0.1, 0.15) is 45.4 Å². The van der Waals surface area contributed by atoms with E-state index in [-0.39, 0.29) is 17.9 Å². The number of ether oxygens (including phenoxy) is 1. The number of allylic oxidation sites excluding steroid dienone is 2. The third kappa shape index (κ3) is 2.69. The summed E-state index contributed by atoms with van der Waals surface area (Å²) in [5.41, 5.74) is 5.24. The molecule has 1 N–H and O–H groups in total. The molecule has 2 aromatic rings. The van der Waals surface area contributed by atoms with Gasteiger partial charge in [-0.3, -0.25) is 0 Å². The number of carbonyl (C=O) groups excluding carboxylic acids is 1. The average molecular weight is 398 g/mol. The second kappa shape index (κ2) is 6.34. The minimum absolute atomic E-state index is 0.219. The van der Waals surface area contributed by atoms with Crippen LogP contribution in [0.25, 0.3) is 0 Å². The zero-order valence-electron chi connectivity index (χ0n) is 14.3. The number of fused-ring (bicyclic) bond motifs is 3. The minimum atomic E-state index is -0.266. The van der Waals surface area contributed by atoms with Crippen molar-refractivity contribution in [2.24, 2.45) is 5.92 Å². The fourth-order valence-corrected chi connectivity index (χ4v) is 4.59. The first-order chi connectivity index (χ1) is 12.1. The first-order valence-corrected chi connectivity index (χ1v) is 9.30. The standard InChI is InChI=1S/C21H20BrNO2/c1-12-9-10-17(21(24)25-2)18-15-7-4-8-16(15)20(23-19(12)18)13-5-3-6-14(22)11-13/h3-7,9-11,15-16,20,23H,8H2,1-2H3/t15-,16-,20-/m0/s1. The Kier molecular flexibility index (Phi) is 4.16. The van der Waals surface area contributed by atoms with Crippen LogP contribution >= 0.6 is 15.9 Å². The molecular formula is C21H20BrNO2. The molecule has 4 rings (SSSR count). The lowest BCUT2D eigenvalue weighted by Crippen LogP contribution is -2.31. The maximum absolute atomic E-state index is 12.3. The molecule has 2 aromatic carbocycles. The highest BCUT2D eigenvalue weighted by molar-refractivity contribution is 9.10. The lowest BCUT2D eigenvalue weighted by atomic mass is 9.75. The molecule has 0 amide bonds. The van der Waals surface area contributed by atoms with E-state index < -0.39 is 0 Å². The van der Waals surface area contributed by atoms with E-state index in [1.165, 1.54) is 12.7 Å². The Labute approximate surface area is 156 Å². The molecule has 0 saturated carbocycles. The van der Waals surface area contributed by atoms with E-state index in [2.05, 4.69) is 58.5 Å². The van der Waals surface area contributed by atoms with Crippen LogP contribution in [0.2, 0.25) is 0 Å². The molecule has 4 heteroatoms. The van der Waals surface area contributed by atoms with Gasteiger partial charge in [0.1, 0.15) is 0 Å². The quantitative estimate of drug-likeness (QED) is 0.546. The maximum Gasteiger partial charge on any atom is 0.338 e. The molecular weight excluding hydrogens is 378 g/mol. The van der Waals surface area contributed by atoms with E-state index in [9.17, 15) is 4.79 Å². The molecule has 128 valence electrons. The van der Waals surface area contributed by atoms with Gasteiger partial charge in [0.05, 0.1) is 18.7 Å². The third-order valence-corrected chi connectivity index (χ3v) is 5.83. The van der Waals surface area contributed by atoms with E-state index in [1.807, 2.05) is 18.2 Å². The zero-order chi connectivity index (χ0) is 17.6. The Morgan fingerprint density at radius 1 is 1.28 bits per heavy atom. The van der Waals surface area contributed by atoms with Crippen LogP contribution < -0.4 is 5.32 Å². The number of hydrogen-bond donors (Lipinski definition) is 1. The molecule has 0 radical (unpaired) electrons. The number of methoxy groups -OCH3 is 1. The number of rotatable bonds is 2. The highest BCUT2D eigenvalue weighted by atomic mass is 79.9. The number of aryl methyl sites for hydroxylation is 1.